The Labute approximate surface area is 206 Å². The number of allylic oxidation sites excluding steroid dienone is 4. The third kappa shape index (κ3) is 3.42. The molecule has 0 radical (unpaired) electrons. The zero-order chi connectivity index (χ0) is 25.3. The van der Waals surface area contributed by atoms with E-state index in [1.54, 1.807) is 6.92 Å². The largest absolute Gasteiger partial charge is 0.478 e. The molecule has 0 aliphatic heterocycles. The number of aliphatic hydroxyl groups is 2. The maximum atomic E-state index is 11.6. The van der Waals surface area contributed by atoms with E-state index >= 15 is 0 Å². The Kier molecular flexibility index (Phi) is 6.30. The van der Waals surface area contributed by atoms with Crippen molar-refractivity contribution in [2.45, 2.75) is 106 Å². The Morgan fingerprint density at radius 3 is 2.44 bits per heavy atom. The van der Waals surface area contributed by atoms with Gasteiger partial charge in [0, 0.05) is 11.0 Å². The van der Waals surface area contributed by atoms with Gasteiger partial charge < -0.3 is 15.3 Å². The molecule has 0 aromatic carbocycles. The maximum absolute atomic E-state index is 11.6. The van der Waals surface area contributed by atoms with Gasteiger partial charge in [-0.25, -0.2) is 4.79 Å². The molecular weight excluding hydrogens is 424 g/mol. The molecule has 0 amide bonds. The monoisotopic (exact) mass is 470 g/mol. The van der Waals surface area contributed by atoms with Crippen molar-refractivity contribution in [3.63, 3.8) is 0 Å². The smallest absolute Gasteiger partial charge is 0.330 e. The topological polar surface area (TPSA) is 77.8 Å². The van der Waals surface area contributed by atoms with Crippen LogP contribution in [-0.4, -0.2) is 33.5 Å². The van der Waals surface area contributed by atoms with Gasteiger partial charge in [-0.3, -0.25) is 0 Å². The van der Waals surface area contributed by atoms with Gasteiger partial charge in [-0.05, 0) is 97.0 Å². The van der Waals surface area contributed by atoms with Crippen LogP contribution >= 0.6 is 0 Å². The molecule has 190 valence electrons. The van der Waals surface area contributed by atoms with E-state index in [2.05, 4.69) is 53.7 Å². The predicted molar refractivity (Wildman–Crippen MR) is 136 cm³/mol. The van der Waals surface area contributed by atoms with Gasteiger partial charge in [0.1, 0.15) is 0 Å². The van der Waals surface area contributed by atoms with Gasteiger partial charge in [0.05, 0.1) is 12.2 Å². The Hall–Kier alpha value is -1.39. The van der Waals surface area contributed by atoms with Gasteiger partial charge in [-0.15, -0.1) is 0 Å². The molecule has 4 aliphatic rings. The number of carboxylic acids is 1. The molecule has 3 N–H and O–H groups in total. The molecular formula is C30H46O4. The molecule has 0 bridgehead atoms. The lowest BCUT2D eigenvalue weighted by Crippen LogP contribution is -2.55. The molecule has 0 aromatic heterocycles. The molecule has 0 spiro atoms. The molecule has 8 atom stereocenters. The zero-order valence-corrected chi connectivity index (χ0v) is 22.3. The second-order valence-corrected chi connectivity index (χ2v) is 13.2. The molecule has 4 aliphatic carbocycles. The van der Waals surface area contributed by atoms with Crippen molar-refractivity contribution in [2.75, 3.05) is 0 Å². The number of aliphatic hydroxyl groups excluding tert-OH is 2. The molecule has 1 unspecified atom stereocenters. The minimum absolute atomic E-state index is 0.0282. The van der Waals surface area contributed by atoms with E-state index < -0.39 is 5.97 Å². The van der Waals surface area contributed by atoms with Crippen LogP contribution in [0.1, 0.15) is 93.4 Å². The fraction of sp³-hybridized carbons (Fsp3) is 0.767. The van der Waals surface area contributed by atoms with E-state index in [1.807, 2.05) is 6.08 Å². The van der Waals surface area contributed by atoms with Crippen LogP contribution in [0, 0.1) is 39.4 Å². The molecule has 4 nitrogen and oxygen atoms in total. The SMILES string of the molecule is C/C(=C\CC[C@@H](C)[C@H]1C[C@H](O)[C@@]2(C)C3=CCC4C(C)(C)[C@H](O)CC[C@]4(C)C3=CC[C@]12C)C(=O)O. The molecule has 0 saturated heterocycles. The summed E-state index contributed by atoms with van der Waals surface area (Å²) in [5.74, 6) is 0.359. The number of rotatable bonds is 5. The van der Waals surface area contributed by atoms with Crippen molar-refractivity contribution in [2.24, 2.45) is 39.4 Å². The van der Waals surface area contributed by atoms with Gasteiger partial charge in [-0.1, -0.05) is 59.8 Å². The van der Waals surface area contributed by atoms with Crippen LogP contribution in [0.3, 0.4) is 0 Å². The Morgan fingerprint density at radius 2 is 1.79 bits per heavy atom. The fourth-order valence-corrected chi connectivity index (χ4v) is 8.79. The molecule has 0 aromatic rings. The second-order valence-electron chi connectivity index (χ2n) is 13.2. The minimum atomic E-state index is -0.845. The van der Waals surface area contributed by atoms with Crippen LogP contribution in [0.5, 0.6) is 0 Å². The standard InChI is InChI=1S/C30H46O4/c1-18(9-8-10-19(2)26(33)34)22-17-25(32)30(7)21-11-12-23-27(3,4)24(31)14-15-28(23,5)20(21)13-16-29(22,30)6/h10-11,13,18,22-25,31-32H,8-9,12,14-17H2,1-7H3,(H,33,34)/b19-10+/t18-,22-,23?,24-,25+,28-,29-,30-/m1/s1. The highest BCUT2D eigenvalue weighted by Crippen LogP contribution is 2.71. The lowest BCUT2D eigenvalue weighted by atomic mass is 9.44. The highest BCUT2D eigenvalue weighted by atomic mass is 16.4. The highest BCUT2D eigenvalue weighted by Gasteiger charge is 2.66. The first-order valence-electron chi connectivity index (χ1n) is 13.4. The molecule has 2 saturated carbocycles. The number of fused-ring (bicyclic) bond motifs is 5. The van der Waals surface area contributed by atoms with Crippen molar-refractivity contribution in [1.29, 1.82) is 0 Å². The summed E-state index contributed by atoms with van der Waals surface area (Å²) in [5, 5.41) is 31.6. The van der Waals surface area contributed by atoms with Crippen LogP contribution in [0.15, 0.2) is 34.9 Å². The average molecular weight is 471 g/mol. The number of hydrogen-bond acceptors (Lipinski definition) is 3. The fourth-order valence-electron chi connectivity index (χ4n) is 8.79. The summed E-state index contributed by atoms with van der Waals surface area (Å²) in [6.07, 6.45) is 12.4. The summed E-state index contributed by atoms with van der Waals surface area (Å²) in [7, 11) is 0. The number of carboxylic acid groups (broad SMARTS) is 1. The summed E-state index contributed by atoms with van der Waals surface area (Å²) in [6, 6.07) is 0. The maximum Gasteiger partial charge on any atom is 0.330 e. The molecule has 34 heavy (non-hydrogen) atoms. The second kappa shape index (κ2) is 8.34. The number of carbonyl (C=O) groups is 1. The molecule has 0 heterocycles. The van der Waals surface area contributed by atoms with Gasteiger partial charge in [0.15, 0.2) is 0 Å². The van der Waals surface area contributed by atoms with E-state index in [9.17, 15) is 15.0 Å². The zero-order valence-electron chi connectivity index (χ0n) is 22.3. The Balaban J connectivity index is 1.66. The summed E-state index contributed by atoms with van der Waals surface area (Å²) in [6.45, 7) is 15.5. The van der Waals surface area contributed by atoms with Gasteiger partial charge >= 0.3 is 5.97 Å². The van der Waals surface area contributed by atoms with E-state index in [4.69, 9.17) is 5.11 Å². The molecule has 4 heteroatoms. The molecule has 2 fully saturated rings. The lowest BCUT2D eigenvalue weighted by molar-refractivity contribution is -0.132. The highest BCUT2D eigenvalue weighted by molar-refractivity contribution is 5.85. The summed E-state index contributed by atoms with van der Waals surface area (Å²) in [4.78, 5) is 11.1. The normalized spacial score (nSPS) is 44.3. The average Bonchev–Trinajstić information content (AvgIpc) is 2.98. The third-order valence-corrected chi connectivity index (χ3v) is 11.5. The van der Waals surface area contributed by atoms with Crippen LogP contribution in [0.25, 0.3) is 0 Å². The van der Waals surface area contributed by atoms with E-state index in [0.29, 0.717) is 23.3 Å². The van der Waals surface area contributed by atoms with Crippen LogP contribution in [-0.2, 0) is 4.79 Å². The third-order valence-electron chi connectivity index (χ3n) is 11.5. The predicted octanol–water partition coefficient (Wildman–Crippen LogP) is 6.29. The number of hydrogen-bond donors (Lipinski definition) is 3. The Morgan fingerprint density at radius 1 is 1.12 bits per heavy atom. The first-order chi connectivity index (χ1) is 15.7. The van der Waals surface area contributed by atoms with Gasteiger partial charge in [-0.2, -0.15) is 0 Å². The van der Waals surface area contributed by atoms with Crippen LogP contribution in [0.4, 0.5) is 0 Å². The van der Waals surface area contributed by atoms with Crippen LogP contribution in [0.2, 0.25) is 0 Å². The van der Waals surface area contributed by atoms with Crippen molar-refractivity contribution in [3.05, 3.63) is 34.9 Å². The minimum Gasteiger partial charge on any atom is -0.478 e. The van der Waals surface area contributed by atoms with Crippen molar-refractivity contribution in [1.82, 2.24) is 0 Å². The lowest BCUT2D eigenvalue weighted by Gasteiger charge is -2.61. The van der Waals surface area contributed by atoms with Gasteiger partial charge in [0.2, 0.25) is 0 Å². The summed E-state index contributed by atoms with van der Waals surface area (Å²) >= 11 is 0. The summed E-state index contributed by atoms with van der Waals surface area (Å²) in [5.41, 5.74) is 2.84. The van der Waals surface area contributed by atoms with Crippen molar-refractivity contribution in [3.8, 4) is 0 Å². The Bertz CT molecular complexity index is 941. The quantitative estimate of drug-likeness (QED) is 0.413. The first-order valence-corrected chi connectivity index (χ1v) is 13.4. The van der Waals surface area contributed by atoms with Crippen molar-refractivity contribution < 1.29 is 20.1 Å². The van der Waals surface area contributed by atoms with E-state index in [-0.39, 0.29) is 33.9 Å². The van der Waals surface area contributed by atoms with Crippen molar-refractivity contribution >= 4 is 5.97 Å². The molecule has 4 rings (SSSR count). The van der Waals surface area contributed by atoms with E-state index in [1.165, 1.54) is 11.1 Å². The van der Waals surface area contributed by atoms with Gasteiger partial charge in [0.25, 0.3) is 0 Å². The van der Waals surface area contributed by atoms with Crippen LogP contribution < -0.4 is 0 Å². The first kappa shape index (κ1) is 25.7. The van der Waals surface area contributed by atoms with E-state index in [0.717, 1.165) is 44.9 Å². The number of aliphatic carboxylic acids is 1. The summed E-state index contributed by atoms with van der Waals surface area (Å²) < 4.78 is 0.